The molecule has 0 amide bonds. The third-order valence-electron chi connectivity index (χ3n) is 5.37. The number of carbonyl (C=O) groups is 2. The molecule has 0 spiro atoms. The Bertz CT molecular complexity index is 1020. The molecule has 0 bridgehead atoms. The van der Waals surface area contributed by atoms with Crippen LogP contribution in [0.5, 0.6) is 0 Å². The van der Waals surface area contributed by atoms with Crippen molar-refractivity contribution in [1.29, 1.82) is 0 Å². The third kappa shape index (κ3) is 4.36. The molecule has 162 valence electrons. The molecule has 1 aliphatic rings. The lowest BCUT2D eigenvalue weighted by atomic mass is 9.79. The van der Waals surface area contributed by atoms with E-state index in [1.807, 2.05) is 61.4 Å². The van der Waals surface area contributed by atoms with Crippen molar-refractivity contribution in [3.8, 4) is 0 Å². The zero-order valence-electron chi connectivity index (χ0n) is 18.1. The topological polar surface area (TPSA) is 55.8 Å². The van der Waals surface area contributed by atoms with Crippen LogP contribution in [0.1, 0.15) is 25.3 Å². The summed E-state index contributed by atoms with van der Waals surface area (Å²) in [5.41, 5.74) is 3.73. The molecule has 1 heterocycles. The fourth-order valence-electron chi connectivity index (χ4n) is 3.91. The smallest absolute Gasteiger partial charge is 0.336 e. The van der Waals surface area contributed by atoms with E-state index in [-0.39, 0.29) is 0 Å². The molecule has 0 saturated carbocycles. The summed E-state index contributed by atoms with van der Waals surface area (Å²) >= 11 is 7.68. The summed E-state index contributed by atoms with van der Waals surface area (Å²) in [4.78, 5) is 28.9. The fourth-order valence-corrected chi connectivity index (χ4v) is 4.45. The van der Waals surface area contributed by atoms with E-state index in [2.05, 4.69) is 0 Å². The first-order chi connectivity index (χ1) is 14.8. The van der Waals surface area contributed by atoms with Crippen LogP contribution in [0.4, 0.5) is 5.69 Å². The molecule has 0 saturated heterocycles. The van der Waals surface area contributed by atoms with Crippen molar-refractivity contribution in [3.05, 3.63) is 81.7 Å². The van der Waals surface area contributed by atoms with Crippen molar-refractivity contribution >= 4 is 41.0 Å². The fraction of sp³-hybridized carbons (Fsp3) is 0.250. The van der Waals surface area contributed by atoms with Crippen molar-refractivity contribution in [1.82, 2.24) is 0 Å². The van der Waals surface area contributed by atoms with Crippen molar-refractivity contribution in [2.24, 2.45) is 0 Å². The molecule has 0 aliphatic carbocycles. The van der Waals surface area contributed by atoms with Crippen LogP contribution in [0.15, 0.2) is 76.0 Å². The number of thioether (sulfide) groups is 1. The summed E-state index contributed by atoms with van der Waals surface area (Å²) in [6.45, 7) is 3.70. The van der Waals surface area contributed by atoms with E-state index in [4.69, 9.17) is 21.1 Å². The van der Waals surface area contributed by atoms with Crippen LogP contribution in [0.25, 0.3) is 0 Å². The van der Waals surface area contributed by atoms with Crippen molar-refractivity contribution < 1.29 is 19.1 Å². The number of halogens is 1. The third-order valence-corrected chi connectivity index (χ3v) is 6.37. The lowest BCUT2D eigenvalue weighted by Gasteiger charge is -2.37. The van der Waals surface area contributed by atoms with Gasteiger partial charge in [0.15, 0.2) is 0 Å². The number of rotatable bonds is 5. The summed E-state index contributed by atoms with van der Waals surface area (Å²) in [6, 6.07) is 15.0. The molecule has 31 heavy (non-hydrogen) atoms. The lowest BCUT2D eigenvalue weighted by Crippen LogP contribution is -2.35. The number of hydrogen-bond acceptors (Lipinski definition) is 6. The molecule has 1 aliphatic heterocycles. The maximum atomic E-state index is 13.0. The highest BCUT2D eigenvalue weighted by Crippen LogP contribution is 2.44. The van der Waals surface area contributed by atoms with E-state index >= 15 is 0 Å². The summed E-state index contributed by atoms with van der Waals surface area (Å²) in [6.07, 6.45) is 1.99. The first kappa shape index (κ1) is 23.0. The highest BCUT2D eigenvalue weighted by Gasteiger charge is 2.40. The van der Waals surface area contributed by atoms with Gasteiger partial charge in [-0.2, -0.15) is 0 Å². The maximum absolute atomic E-state index is 13.0. The summed E-state index contributed by atoms with van der Waals surface area (Å²) < 4.78 is 10.3. The summed E-state index contributed by atoms with van der Waals surface area (Å²) in [5, 5.41) is 0.595. The van der Waals surface area contributed by atoms with Gasteiger partial charge in [-0.05, 0) is 62.1 Å². The van der Waals surface area contributed by atoms with Gasteiger partial charge >= 0.3 is 11.9 Å². The van der Waals surface area contributed by atoms with Gasteiger partial charge in [0, 0.05) is 27.0 Å². The van der Waals surface area contributed by atoms with E-state index in [0.717, 1.165) is 16.1 Å². The first-order valence-corrected chi connectivity index (χ1v) is 11.2. The van der Waals surface area contributed by atoms with Gasteiger partial charge in [-0.25, -0.2) is 9.59 Å². The Morgan fingerprint density at radius 3 is 1.77 bits per heavy atom. The van der Waals surface area contributed by atoms with Gasteiger partial charge in [0.1, 0.15) is 0 Å². The predicted molar refractivity (Wildman–Crippen MR) is 124 cm³/mol. The van der Waals surface area contributed by atoms with Gasteiger partial charge in [0.2, 0.25) is 0 Å². The van der Waals surface area contributed by atoms with Crippen LogP contribution >= 0.6 is 23.4 Å². The molecule has 7 heteroatoms. The molecule has 2 aromatic carbocycles. The van der Waals surface area contributed by atoms with Gasteiger partial charge in [-0.1, -0.05) is 23.7 Å². The molecule has 5 nitrogen and oxygen atoms in total. The summed E-state index contributed by atoms with van der Waals surface area (Å²) in [7, 11) is 2.68. The second kappa shape index (κ2) is 9.62. The molecule has 2 aromatic rings. The number of anilines is 1. The Labute approximate surface area is 191 Å². The average Bonchev–Trinajstić information content (AvgIpc) is 2.79. The van der Waals surface area contributed by atoms with Crippen LogP contribution in [-0.2, 0) is 19.1 Å². The van der Waals surface area contributed by atoms with Crippen LogP contribution in [0.2, 0.25) is 5.02 Å². The number of ether oxygens (including phenoxy) is 2. The highest BCUT2D eigenvalue weighted by molar-refractivity contribution is 7.98. The molecule has 0 N–H and O–H groups in total. The lowest BCUT2D eigenvalue weighted by molar-refractivity contribution is -0.137. The number of hydrogen-bond donors (Lipinski definition) is 0. The number of nitrogens with zero attached hydrogens (tertiary/aromatic N) is 1. The maximum Gasteiger partial charge on any atom is 0.336 e. The minimum Gasteiger partial charge on any atom is -0.466 e. The average molecular weight is 458 g/mol. The molecule has 3 rings (SSSR count). The van der Waals surface area contributed by atoms with E-state index in [1.165, 1.54) is 14.2 Å². The minimum absolute atomic E-state index is 0.389. The molecule has 0 unspecified atom stereocenters. The van der Waals surface area contributed by atoms with Crippen molar-refractivity contribution in [3.63, 3.8) is 0 Å². The Morgan fingerprint density at radius 2 is 1.35 bits per heavy atom. The van der Waals surface area contributed by atoms with E-state index in [1.54, 1.807) is 23.9 Å². The summed E-state index contributed by atoms with van der Waals surface area (Å²) in [5.74, 6) is -1.60. The molecule has 0 radical (unpaired) electrons. The normalized spacial score (nSPS) is 14.7. The van der Waals surface area contributed by atoms with Crippen LogP contribution in [0.3, 0.4) is 0 Å². The van der Waals surface area contributed by atoms with E-state index < -0.39 is 17.9 Å². The quantitative estimate of drug-likeness (QED) is 0.432. The second-order valence-electron chi connectivity index (χ2n) is 7.00. The highest BCUT2D eigenvalue weighted by atomic mass is 35.5. The number of benzene rings is 2. The monoisotopic (exact) mass is 457 g/mol. The van der Waals surface area contributed by atoms with E-state index in [9.17, 15) is 9.59 Å². The van der Waals surface area contributed by atoms with Crippen LogP contribution < -0.4 is 4.90 Å². The van der Waals surface area contributed by atoms with Gasteiger partial charge in [0.25, 0.3) is 0 Å². The van der Waals surface area contributed by atoms with Crippen molar-refractivity contribution in [2.45, 2.75) is 24.7 Å². The first-order valence-electron chi connectivity index (χ1n) is 9.61. The number of esters is 2. The molecule has 0 aromatic heterocycles. The minimum atomic E-state index is -0.612. The van der Waals surface area contributed by atoms with Gasteiger partial charge < -0.3 is 14.4 Å². The second-order valence-corrected chi connectivity index (χ2v) is 8.32. The number of allylic oxidation sites excluding steroid dienone is 2. The Morgan fingerprint density at radius 1 is 0.871 bits per heavy atom. The molecule has 0 fully saturated rings. The van der Waals surface area contributed by atoms with Gasteiger partial charge in [-0.3, -0.25) is 0 Å². The van der Waals surface area contributed by atoms with Gasteiger partial charge in [-0.15, -0.1) is 11.8 Å². The Kier molecular flexibility index (Phi) is 7.13. The Hall–Kier alpha value is -2.70. The van der Waals surface area contributed by atoms with E-state index in [0.29, 0.717) is 27.6 Å². The molecular formula is C24H24ClNO4S. The molecular weight excluding hydrogens is 434 g/mol. The predicted octanol–water partition coefficient (Wildman–Crippen LogP) is 5.56. The number of carbonyl (C=O) groups excluding carboxylic acids is 2. The zero-order chi connectivity index (χ0) is 22.7. The van der Waals surface area contributed by atoms with Crippen molar-refractivity contribution in [2.75, 3.05) is 25.4 Å². The van der Waals surface area contributed by atoms with Crippen LogP contribution in [0, 0.1) is 0 Å². The Balaban J connectivity index is 2.30. The zero-order valence-corrected chi connectivity index (χ0v) is 19.6. The SMILES string of the molecule is COC(=O)C1=C(C)N(c2ccc(Cl)cc2)C(C)=C(C(=O)OC)C1c1ccc(SC)cc1. The number of methoxy groups -OCH3 is 2. The van der Waals surface area contributed by atoms with Gasteiger partial charge in [0.05, 0.1) is 31.3 Å². The molecule has 0 atom stereocenters. The standard InChI is InChI=1S/C24H24ClNO4S/c1-14-20(23(27)29-3)22(16-6-12-19(31-5)13-7-16)21(24(28)30-4)15(2)26(14)18-10-8-17(25)9-11-18/h6-13,22H,1-5H3. The van der Waals surface area contributed by atoms with Crippen LogP contribution in [-0.4, -0.2) is 32.4 Å². The largest absolute Gasteiger partial charge is 0.466 e.